The zero-order chi connectivity index (χ0) is 18.8. The van der Waals surface area contributed by atoms with E-state index in [2.05, 4.69) is 37.9 Å². The van der Waals surface area contributed by atoms with Crippen LogP contribution in [0.15, 0.2) is 18.2 Å². The van der Waals surface area contributed by atoms with Crippen LogP contribution in [0.1, 0.15) is 45.7 Å². The molecule has 1 aromatic rings. The average molecular weight is 352 g/mol. The summed E-state index contributed by atoms with van der Waals surface area (Å²) in [5, 5.41) is 13.7. The standard InChI is InChI=1S/C20H33FN2O2/c1-13-7-8-16(9-17(13)21)11-23-12-18(15(3)25-20(4,5)6)22-10-19(23)14(2)24/h7-9,14-15,18-19,22,24H,10-12H2,1-6H3/t14-,15+,18-,19-/m1/s1. The van der Waals surface area contributed by atoms with E-state index in [0.29, 0.717) is 18.7 Å². The van der Waals surface area contributed by atoms with Gasteiger partial charge in [-0.05, 0) is 58.7 Å². The van der Waals surface area contributed by atoms with E-state index >= 15 is 0 Å². The third kappa shape index (κ3) is 5.74. The second-order valence-corrected chi connectivity index (χ2v) is 8.27. The van der Waals surface area contributed by atoms with Gasteiger partial charge in [0.1, 0.15) is 5.82 Å². The zero-order valence-corrected chi connectivity index (χ0v) is 16.3. The summed E-state index contributed by atoms with van der Waals surface area (Å²) in [6.07, 6.45) is -0.408. The van der Waals surface area contributed by atoms with Gasteiger partial charge in [-0.25, -0.2) is 4.39 Å². The lowest BCUT2D eigenvalue weighted by Crippen LogP contribution is -2.62. The van der Waals surface area contributed by atoms with Gasteiger partial charge >= 0.3 is 0 Å². The van der Waals surface area contributed by atoms with Gasteiger partial charge in [0.05, 0.1) is 17.8 Å². The van der Waals surface area contributed by atoms with Crippen molar-refractivity contribution in [3.63, 3.8) is 0 Å². The minimum atomic E-state index is -0.456. The van der Waals surface area contributed by atoms with Crippen LogP contribution in [0.25, 0.3) is 0 Å². The Balaban J connectivity index is 2.11. The van der Waals surface area contributed by atoms with E-state index in [-0.39, 0.29) is 29.6 Å². The Morgan fingerprint density at radius 1 is 1.36 bits per heavy atom. The SMILES string of the molecule is Cc1ccc(CN2C[C@H]([C@H](C)OC(C)(C)C)NC[C@@H]2[C@@H](C)O)cc1F. The molecule has 1 heterocycles. The quantitative estimate of drug-likeness (QED) is 0.855. The Hall–Kier alpha value is -1.01. The van der Waals surface area contributed by atoms with Crippen molar-refractivity contribution in [1.82, 2.24) is 10.2 Å². The maximum absolute atomic E-state index is 13.9. The highest BCUT2D eigenvalue weighted by Gasteiger charge is 2.34. The smallest absolute Gasteiger partial charge is 0.126 e. The van der Waals surface area contributed by atoms with E-state index in [1.165, 1.54) is 0 Å². The van der Waals surface area contributed by atoms with Gasteiger partial charge in [-0.3, -0.25) is 4.90 Å². The molecule has 2 rings (SSSR count). The van der Waals surface area contributed by atoms with Crippen molar-refractivity contribution < 1.29 is 14.2 Å². The van der Waals surface area contributed by atoms with Crippen molar-refractivity contribution in [2.24, 2.45) is 0 Å². The molecule has 0 unspecified atom stereocenters. The number of aryl methyl sites for hydroxylation is 1. The molecule has 0 aromatic heterocycles. The van der Waals surface area contributed by atoms with Gasteiger partial charge in [-0.2, -0.15) is 0 Å². The summed E-state index contributed by atoms with van der Waals surface area (Å²) >= 11 is 0. The maximum Gasteiger partial charge on any atom is 0.126 e. The molecule has 2 N–H and O–H groups in total. The molecule has 1 fully saturated rings. The normalized spacial score (nSPS) is 25.0. The van der Waals surface area contributed by atoms with Gasteiger partial charge in [-0.1, -0.05) is 12.1 Å². The zero-order valence-electron chi connectivity index (χ0n) is 16.3. The number of hydrogen-bond acceptors (Lipinski definition) is 4. The highest BCUT2D eigenvalue weighted by atomic mass is 19.1. The van der Waals surface area contributed by atoms with Gasteiger partial charge in [0, 0.05) is 31.7 Å². The Bertz CT molecular complexity index is 571. The van der Waals surface area contributed by atoms with E-state index < -0.39 is 6.10 Å². The van der Waals surface area contributed by atoms with Crippen LogP contribution in [0.4, 0.5) is 4.39 Å². The molecule has 4 nitrogen and oxygen atoms in total. The minimum Gasteiger partial charge on any atom is -0.392 e. The van der Waals surface area contributed by atoms with E-state index in [4.69, 9.17) is 4.74 Å². The first-order chi connectivity index (χ1) is 11.6. The topological polar surface area (TPSA) is 44.7 Å². The van der Waals surface area contributed by atoms with Gasteiger partial charge in [-0.15, -0.1) is 0 Å². The summed E-state index contributed by atoms with van der Waals surface area (Å²) in [7, 11) is 0. The number of ether oxygens (including phenoxy) is 1. The van der Waals surface area contributed by atoms with Crippen molar-refractivity contribution in [2.45, 2.75) is 78.0 Å². The molecule has 5 heteroatoms. The number of piperazine rings is 1. The molecule has 142 valence electrons. The fraction of sp³-hybridized carbons (Fsp3) is 0.700. The number of rotatable bonds is 5. The van der Waals surface area contributed by atoms with E-state index in [9.17, 15) is 9.50 Å². The first-order valence-electron chi connectivity index (χ1n) is 9.15. The summed E-state index contributed by atoms with van der Waals surface area (Å²) in [4.78, 5) is 2.23. The van der Waals surface area contributed by atoms with Crippen LogP contribution in [0, 0.1) is 12.7 Å². The number of aliphatic hydroxyl groups is 1. The van der Waals surface area contributed by atoms with Crippen molar-refractivity contribution in [2.75, 3.05) is 13.1 Å². The molecule has 4 atom stereocenters. The number of nitrogens with zero attached hydrogens (tertiary/aromatic N) is 1. The molecule has 1 aliphatic rings. The Labute approximate surface area is 151 Å². The van der Waals surface area contributed by atoms with Crippen LogP contribution in [0.2, 0.25) is 0 Å². The molecule has 0 spiro atoms. The van der Waals surface area contributed by atoms with Crippen molar-refractivity contribution >= 4 is 0 Å². The first-order valence-corrected chi connectivity index (χ1v) is 9.15. The lowest BCUT2D eigenvalue weighted by molar-refractivity contribution is -0.0839. The van der Waals surface area contributed by atoms with Crippen molar-refractivity contribution in [3.05, 3.63) is 35.1 Å². The molecule has 1 saturated heterocycles. The highest BCUT2D eigenvalue weighted by Crippen LogP contribution is 2.21. The molecule has 0 aliphatic carbocycles. The molecule has 0 saturated carbocycles. The third-order valence-electron chi connectivity index (χ3n) is 4.77. The Morgan fingerprint density at radius 2 is 2.04 bits per heavy atom. The number of hydrogen-bond donors (Lipinski definition) is 2. The van der Waals surface area contributed by atoms with Gasteiger partial charge < -0.3 is 15.2 Å². The van der Waals surface area contributed by atoms with Gasteiger partial charge in [0.15, 0.2) is 0 Å². The summed E-state index contributed by atoms with van der Waals surface area (Å²) in [6.45, 7) is 13.9. The second kappa shape index (κ2) is 8.12. The largest absolute Gasteiger partial charge is 0.392 e. The lowest BCUT2D eigenvalue weighted by Gasteiger charge is -2.44. The van der Waals surface area contributed by atoms with Crippen molar-refractivity contribution in [1.29, 1.82) is 0 Å². The molecule has 1 aliphatic heterocycles. The van der Waals surface area contributed by atoms with E-state index in [1.807, 2.05) is 19.1 Å². The first kappa shape index (κ1) is 20.3. The summed E-state index contributed by atoms with van der Waals surface area (Å²) in [5.41, 5.74) is 1.38. The monoisotopic (exact) mass is 352 g/mol. The van der Waals surface area contributed by atoms with Crippen LogP contribution in [-0.4, -0.2) is 53.0 Å². The number of benzene rings is 1. The third-order valence-corrected chi connectivity index (χ3v) is 4.77. The summed E-state index contributed by atoms with van der Waals surface area (Å²) < 4.78 is 20.0. The van der Waals surface area contributed by atoms with Crippen LogP contribution in [0.3, 0.4) is 0 Å². The number of nitrogens with one attached hydrogen (secondary N) is 1. The summed E-state index contributed by atoms with van der Waals surface area (Å²) in [6, 6.07) is 5.55. The van der Waals surface area contributed by atoms with Gasteiger partial charge in [0.25, 0.3) is 0 Å². The van der Waals surface area contributed by atoms with E-state index in [1.54, 1.807) is 13.0 Å². The van der Waals surface area contributed by atoms with Gasteiger partial charge in [0.2, 0.25) is 0 Å². The Kier molecular flexibility index (Phi) is 6.60. The molecular weight excluding hydrogens is 319 g/mol. The molecule has 25 heavy (non-hydrogen) atoms. The number of aliphatic hydroxyl groups excluding tert-OH is 1. The molecular formula is C20H33FN2O2. The minimum absolute atomic E-state index is 0.00227. The summed E-state index contributed by atoms with van der Waals surface area (Å²) in [5.74, 6) is -0.179. The molecule has 0 radical (unpaired) electrons. The van der Waals surface area contributed by atoms with E-state index in [0.717, 1.165) is 12.1 Å². The Morgan fingerprint density at radius 3 is 2.60 bits per heavy atom. The van der Waals surface area contributed by atoms with Crippen LogP contribution in [-0.2, 0) is 11.3 Å². The lowest BCUT2D eigenvalue weighted by atomic mass is 10.00. The van der Waals surface area contributed by atoms with Crippen LogP contribution >= 0.6 is 0 Å². The molecule has 0 amide bonds. The average Bonchev–Trinajstić information content (AvgIpc) is 2.49. The van der Waals surface area contributed by atoms with Crippen molar-refractivity contribution in [3.8, 4) is 0 Å². The maximum atomic E-state index is 13.9. The number of halogens is 1. The fourth-order valence-corrected chi connectivity index (χ4v) is 3.43. The van der Waals surface area contributed by atoms with Crippen LogP contribution < -0.4 is 5.32 Å². The molecule has 0 bridgehead atoms. The predicted octanol–water partition coefficient (Wildman–Crippen LogP) is 2.86. The fourth-order valence-electron chi connectivity index (χ4n) is 3.43. The highest BCUT2D eigenvalue weighted by molar-refractivity contribution is 5.23. The molecule has 1 aromatic carbocycles. The van der Waals surface area contributed by atoms with Crippen LogP contribution in [0.5, 0.6) is 0 Å². The second-order valence-electron chi connectivity index (χ2n) is 8.27. The predicted molar refractivity (Wildman–Crippen MR) is 99.1 cm³/mol.